The highest BCUT2D eigenvalue weighted by molar-refractivity contribution is 14.0. The molecule has 0 aliphatic heterocycles. The molecule has 0 bridgehead atoms. The van der Waals surface area contributed by atoms with Gasteiger partial charge in [0.05, 0.1) is 13.2 Å². The van der Waals surface area contributed by atoms with Gasteiger partial charge >= 0.3 is 0 Å². The van der Waals surface area contributed by atoms with Gasteiger partial charge in [0.15, 0.2) is 5.96 Å². The van der Waals surface area contributed by atoms with E-state index in [2.05, 4.69) is 41.3 Å². The van der Waals surface area contributed by atoms with Crippen molar-refractivity contribution in [2.24, 2.45) is 10.9 Å². The number of halogens is 1. The molecule has 1 aromatic carbocycles. The lowest BCUT2D eigenvalue weighted by Crippen LogP contribution is -2.40. The Morgan fingerprint density at radius 1 is 1.32 bits per heavy atom. The molecule has 2 rings (SSSR count). The molecule has 0 amide bonds. The van der Waals surface area contributed by atoms with Crippen LogP contribution in [0, 0.1) is 5.92 Å². The van der Waals surface area contributed by atoms with Crippen LogP contribution in [0.2, 0.25) is 0 Å². The maximum Gasteiger partial charge on any atom is 0.194 e. The zero-order valence-electron chi connectivity index (χ0n) is 13.6. The van der Waals surface area contributed by atoms with Crippen LogP contribution in [0.25, 0.3) is 0 Å². The highest BCUT2D eigenvalue weighted by Gasteiger charge is 2.21. The van der Waals surface area contributed by atoms with Gasteiger partial charge in [-0.3, -0.25) is 0 Å². The third-order valence-corrected chi connectivity index (χ3v) is 3.57. The second-order valence-corrected chi connectivity index (χ2v) is 5.60. The standard InChI is InChI=1S/C17H27N3O.HI/c1-3-18-17(19-13-15-7-5-4-6-8-15)20(2)11-12-21-14-16-9-10-16;/h4-8,16H,3,9-14H2,1-2H3,(H,18,19);1H. The summed E-state index contributed by atoms with van der Waals surface area (Å²) in [5, 5.41) is 3.34. The SMILES string of the molecule is CCNC(=NCc1ccccc1)N(C)CCOCC1CC1.I. The van der Waals surface area contributed by atoms with Gasteiger partial charge < -0.3 is 15.0 Å². The first-order valence-electron chi connectivity index (χ1n) is 7.90. The van der Waals surface area contributed by atoms with Gasteiger partial charge in [0.25, 0.3) is 0 Å². The van der Waals surface area contributed by atoms with Crippen molar-refractivity contribution in [1.82, 2.24) is 10.2 Å². The second kappa shape index (κ2) is 10.8. The highest BCUT2D eigenvalue weighted by atomic mass is 127. The molecular formula is C17H28IN3O. The molecule has 0 aromatic heterocycles. The molecule has 1 aromatic rings. The third-order valence-electron chi connectivity index (χ3n) is 3.57. The number of hydrogen-bond acceptors (Lipinski definition) is 2. The summed E-state index contributed by atoms with van der Waals surface area (Å²) >= 11 is 0. The second-order valence-electron chi connectivity index (χ2n) is 5.60. The summed E-state index contributed by atoms with van der Waals surface area (Å²) in [6, 6.07) is 10.3. The molecule has 4 nitrogen and oxygen atoms in total. The monoisotopic (exact) mass is 417 g/mol. The molecule has 0 spiro atoms. The lowest BCUT2D eigenvalue weighted by Gasteiger charge is -2.22. The predicted molar refractivity (Wildman–Crippen MR) is 103 cm³/mol. The molecule has 1 N–H and O–H groups in total. The maximum absolute atomic E-state index is 5.69. The Bertz CT molecular complexity index is 435. The molecule has 0 atom stereocenters. The van der Waals surface area contributed by atoms with Crippen LogP contribution >= 0.6 is 24.0 Å². The predicted octanol–water partition coefficient (Wildman–Crippen LogP) is 3.13. The Morgan fingerprint density at radius 3 is 2.68 bits per heavy atom. The van der Waals surface area contributed by atoms with Crippen LogP contribution in [0.1, 0.15) is 25.3 Å². The van der Waals surface area contributed by atoms with Crippen LogP contribution in [-0.2, 0) is 11.3 Å². The molecule has 124 valence electrons. The lowest BCUT2D eigenvalue weighted by molar-refractivity contribution is 0.115. The van der Waals surface area contributed by atoms with Gasteiger partial charge in [-0.1, -0.05) is 30.3 Å². The van der Waals surface area contributed by atoms with Crippen molar-refractivity contribution in [3.8, 4) is 0 Å². The molecule has 0 heterocycles. The number of benzene rings is 1. The lowest BCUT2D eigenvalue weighted by atomic mass is 10.2. The molecule has 0 saturated heterocycles. The molecule has 5 heteroatoms. The number of nitrogens with zero attached hydrogens (tertiary/aromatic N) is 2. The Balaban J connectivity index is 0.00000242. The molecule has 22 heavy (non-hydrogen) atoms. The number of hydrogen-bond donors (Lipinski definition) is 1. The first kappa shape index (κ1) is 19.2. The van der Waals surface area contributed by atoms with Crippen molar-refractivity contribution in [2.75, 3.05) is 33.4 Å². The third kappa shape index (κ3) is 7.45. The normalized spacial score (nSPS) is 14.4. The van der Waals surface area contributed by atoms with Gasteiger partial charge in [0.1, 0.15) is 0 Å². The molecule has 0 radical (unpaired) electrons. The van der Waals surface area contributed by atoms with E-state index in [9.17, 15) is 0 Å². The first-order valence-corrected chi connectivity index (χ1v) is 7.90. The summed E-state index contributed by atoms with van der Waals surface area (Å²) < 4.78 is 5.69. The Kier molecular flexibility index (Phi) is 9.47. The van der Waals surface area contributed by atoms with Crippen LogP contribution in [0.3, 0.4) is 0 Å². The molecular weight excluding hydrogens is 389 g/mol. The minimum absolute atomic E-state index is 0. The fourth-order valence-electron chi connectivity index (χ4n) is 2.06. The van der Waals surface area contributed by atoms with E-state index in [1.54, 1.807) is 0 Å². The largest absolute Gasteiger partial charge is 0.379 e. The number of aliphatic imine (C=N–C) groups is 1. The summed E-state index contributed by atoms with van der Waals surface area (Å²) in [5.74, 6) is 1.77. The van der Waals surface area contributed by atoms with Crippen molar-refractivity contribution in [3.05, 3.63) is 35.9 Å². The van der Waals surface area contributed by atoms with E-state index in [1.807, 2.05) is 18.2 Å². The number of guanidine groups is 1. The van der Waals surface area contributed by atoms with E-state index in [-0.39, 0.29) is 24.0 Å². The van der Waals surface area contributed by atoms with Gasteiger partial charge in [-0.15, -0.1) is 24.0 Å². The fourth-order valence-corrected chi connectivity index (χ4v) is 2.06. The van der Waals surface area contributed by atoms with Crippen LogP contribution in [-0.4, -0.2) is 44.2 Å². The minimum atomic E-state index is 0. The molecule has 1 aliphatic rings. The summed E-state index contributed by atoms with van der Waals surface area (Å²) in [4.78, 5) is 6.82. The number of likely N-dealkylation sites (N-methyl/N-ethyl adjacent to an activating group) is 1. The first-order chi connectivity index (χ1) is 10.3. The summed E-state index contributed by atoms with van der Waals surface area (Å²) in [6.07, 6.45) is 2.69. The number of nitrogens with one attached hydrogen (secondary N) is 1. The van der Waals surface area contributed by atoms with Crippen LogP contribution in [0.15, 0.2) is 35.3 Å². The topological polar surface area (TPSA) is 36.9 Å². The Labute approximate surface area is 151 Å². The quantitative estimate of drug-likeness (QED) is 0.306. The van der Waals surface area contributed by atoms with Crippen molar-refractivity contribution >= 4 is 29.9 Å². The van der Waals surface area contributed by atoms with Crippen molar-refractivity contribution in [3.63, 3.8) is 0 Å². The van der Waals surface area contributed by atoms with E-state index in [1.165, 1.54) is 18.4 Å². The van der Waals surface area contributed by atoms with E-state index >= 15 is 0 Å². The van der Waals surface area contributed by atoms with E-state index in [4.69, 9.17) is 4.74 Å². The molecule has 1 aliphatic carbocycles. The summed E-state index contributed by atoms with van der Waals surface area (Å²) in [5.41, 5.74) is 1.23. The van der Waals surface area contributed by atoms with Crippen molar-refractivity contribution < 1.29 is 4.74 Å². The maximum atomic E-state index is 5.69. The Hall–Kier alpha value is -0.820. The van der Waals surface area contributed by atoms with Crippen LogP contribution in [0.4, 0.5) is 0 Å². The van der Waals surface area contributed by atoms with E-state index < -0.39 is 0 Å². The molecule has 1 saturated carbocycles. The minimum Gasteiger partial charge on any atom is -0.379 e. The van der Waals surface area contributed by atoms with Gasteiger partial charge in [-0.25, -0.2) is 4.99 Å². The average Bonchev–Trinajstić information content (AvgIpc) is 3.33. The van der Waals surface area contributed by atoms with Crippen LogP contribution in [0.5, 0.6) is 0 Å². The number of ether oxygens (including phenoxy) is 1. The van der Waals surface area contributed by atoms with Gasteiger partial charge in [0.2, 0.25) is 0 Å². The fraction of sp³-hybridized carbons (Fsp3) is 0.588. The van der Waals surface area contributed by atoms with E-state index in [0.29, 0.717) is 6.54 Å². The summed E-state index contributed by atoms with van der Waals surface area (Å²) in [6.45, 7) is 6.23. The van der Waals surface area contributed by atoms with Crippen molar-refractivity contribution in [2.45, 2.75) is 26.3 Å². The molecule has 1 fully saturated rings. The molecule has 0 unspecified atom stereocenters. The smallest absolute Gasteiger partial charge is 0.194 e. The van der Waals surface area contributed by atoms with Gasteiger partial charge in [-0.05, 0) is 31.2 Å². The van der Waals surface area contributed by atoms with Crippen LogP contribution < -0.4 is 5.32 Å². The highest BCUT2D eigenvalue weighted by Crippen LogP contribution is 2.28. The zero-order chi connectivity index (χ0) is 14.9. The van der Waals surface area contributed by atoms with Gasteiger partial charge in [0, 0.05) is 26.7 Å². The number of rotatable bonds is 8. The van der Waals surface area contributed by atoms with Gasteiger partial charge in [-0.2, -0.15) is 0 Å². The summed E-state index contributed by atoms with van der Waals surface area (Å²) in [7, 11) is 2.06. The van der Waals surface area contributed by atoms with Crippen molar-refractivity contribution in [1.29, 1.82) is 0 Å². The average molecular weight is 417 g/mol. The Morgan fingerprint density at radius 2 is 2.05 bits per heavy atom. The van der Waals surface area contributed by atoms with E-state index in [0.717, 1.165) is 38.2 Å². The zero-order valence-corrected chi connectivity index (χ0v) is 16.0.